The molecule has 1 aliphatic heterocycles. The first-order valence-corrected chi connectivity index (χ1v) is 14.6. The lowest BCUT2D eigenvalue weighted by molar-refractivity contribution is -0.137. The van der Waals surface area contributed by atoms with Gasteiger partial charge in [0.15, 0.2) is 0 Å². The fourth-order valence-electron chi connectivity index (χ4n) is 5.23. The van der Waals surface area contributed by atoms with Crippen molar-refractivity contribution in [2.75, 3.05) is 44.2 Å². The third-order valence-electron chi connectivity index (χ3n) is 7.18. The Kier molecular flexibility index (Phi) is 8.90. The SMILES string of the molecule is Cc1cc(C)c(S(=O)(=O)N(CCc2ccccc2)CC(=O)N2CCN(c3cccc(C(F)(F)F)c3)CC2)c(C)c1. The number of halogens is 3. The largest absolute Gasteiger partial charge is 0.416 e. The van der Waals surface area contributed by atoms with Gasteiger partial charge in [-0.3, -0.25) is 4.79 Å². The van der Waals surface area contributed by atoms with Crippen LogP contribution in [0.3, 0.4) is 0 Å². The van der Waals surface area contributed by atoms with Crippen molar-refractivity contribution in [2.24, 2.45) is 0 Å². The van der Waals surface area contributed by atoms with Crippen LogP contribution >= 0.6 is 0 Å². The smallest absolute Gasteiger partial charge is 0.368 e. The molecule has 0 aromatic heterocycles. The highest BCUT2D eigenvalue weighted by molar-refractivity contribution is 7.89. The first kappa shape index (κ1) is 29.6. The number of amides is 1. The average molecular weight is 574 g/mol. The first-order chi connectivity index (χ1) is 18.9. The van der Waals surface area contributed by atoms with Crippen molar-refractivity contribution in [3.8, 4) is 0 Å². The third kappa shape index (κ3) is 6.85. The van der Waals surface area contributed by atoms with Gasteiger partial charge in [0.25, 0.3) is 0 Å². The molecule has 4 rings (SSSR count). The number of alkyl halides is 3. The molecule has 1 aliphatic rings. The molecule has 10 heteroatoms. The van der Waals surface area contributed by atoms with Crippen LogP contribution in [0.15, 0.2) is 71.6 Å². The molecule has 1 heterocycles. The zero-order valence-electron chi connectivity index (χ0n) is 22.9. The minimum absolute atomic E-state index is 0.134. The van der Waals surface area contributed by atoms with Crippen LogP contribution in [0.4, 0.5) is 18.9 Å². The molecule has 0 bridgehead atoms. The number of nitrogens with zero attached hydrogens (tertiary/aromatic N) is 3. The summed E-state index contributed by atoms with van der Waals surface area (Å²) in [4.78, 5) is 17.0. The van der Waals surface area contributed by atoms with E-state index < -0.39 is 21.8 Å². The van der Waals surface area contributed by atoms with Crippen molar-refractivity contribution < 1.29 is 26.4 Å². The van der Waals surface area contributed by atoms with Gasteiger partial charge < -0.3 is 9.80 Å². The van der Waals surface area contributed by atoms with Crippen LogP contribution in [0.2, 0.25) is 0 Å². The Hall–Kier alpha value is -3.37. The monoisotopic (exact) mass is 573 g/mol. The summed E-state index contributed by atoms with van der Waals surface area (Å²) in [6, 6.07) is 18.3. The summed E-state index contributed by atoms with van der Waals surface area (Å²) in [5.41, 5.74) is 2.90. The summed E-state index contributed by atoms with van der Waals surface area (Å²) >= 11 is 0. The highest BCUT2D eigenvalue weighted by atomic mass is 32.2. The maximum absolute atomic E-state index is 13.9. The van der Waals surface area contributed by atoms with E-state index in [9.17, 15) is 26.4 Å². The summed E-state index contributed by atoms with van der Waals surface area (Å²) in [6.07, 6.45) is -3.99. The molecule has 0 atom stereocenters. The Morgan fingerprint density at radius 2 is 1.50 bits per heavy atom. The minimum Gasteiger partial charge on any atom is -0.368 e. The predicted molar refractivity (Wildman–Crippen MR) is 150 cm³/mol. The van der Waals surface area contributed by atoms with Crippen LogP contribution in [0.1, 0.15) is 27.8 Å². The van der Waals surface area contributed by atoms with Gasteiger partial charge in [-0.2, -0.15) is 17.5 Å². The van der Waals surface area contributed by atoms with E-state index in [1.54, 1.807) is 24.8 Å². The maximum atomic E-state index is 13.9. The number of sulfonamides is 1. The quantitative estimate of drug-likeness (QED) is 0.371. The van der Waals surface area contributed by atoms with Gasteiger partial charge in [-0.15, -0.1) is 0 Å². The Morgan fingerprint density at radius 1 is 0.875 bits per heavy atom. The predicted octanol–water partition coefficient (Wildman–Crippen LogP) is 5.21. The topological polar surface area (TPSA) is 60.9 Å². The van der Waals surface area contributed by atoms with Crippen LogP contribution in [0.5, 0.6) is 0 Å². The fraction of sp³-hybridized carbons (Fsp3) is 0.367. The second kappa shape index (κ2) is 12.0. The molecule has 0 aliphatic carbocycles. The van der Waals surface area contributed by atoms with Crippen LogP contribution in [-0.4, -0.2) is 62.8 Å². The number of anilines is 1. The number of hydrogen-bond donors (Lipinski definition) is 0. The zero-order valence-corrected chi connectivity index (χ0v) is 23.7. The van der Waals surface area contributed by atoms with Gasteiger partial charge in [-0.25, -0.2) is 8.42 Å². The molecule has 3 aromatic carbocycles. The molecule has 1 fully saturated rings. The second-order valence-corrected chi connectivity index (χ2v) is 12.1. The first-order valence-electron chi connectivity index (χ1n) is 13.2. The Balaban J connectivity index is 1.50. The lowest BCUT2D eigenvalue weighted by Crippen LogP contribution is -2.52. The van der Waals surface area contributed by atoms with Crippen LogP contribution in [0, 0.1) is 20.8 Å². The average Bonchev–Trinajstić information content (AvgIpc) is 2.90. The summed E-state index contributed by atoms with van der Waals surface area (Å²) < 4.78 is 68.6. The molecule has 0 saturated carbocycles. The standard InChI is InChI=1S/C30H34F3N3O3S/c1-22-18-23(2)29(24(3)19-22)40(38,39)36(13-12-25-8-5-4-6-9-25)21-28(37)35-16-14-34(15-17-35)27-11-7-10-26(20-27)30(31,32)33/h4-11,18-20H,12-17,21H2,1-3H3. The van der Waals surface area contributed by atoms with Crippen molar-refractivity contribution >= 4 is 21.6 Å². The molecule has 214 valence electrons. The van der Waals surface area contributed by atoms with Crippen molar-refractivity contribution in [1.29, 1.82) is 0 Å². The minimum atomic E-state index is -4.43. The van der Waals surface area contributed by atoms with Gasteiger partial charge in [0.05, 0.1) is 17.0 Å². The van der Waals surface area contributed by atoms with E-state index in [2.05, 4.69) is 0 Å². The number of carbonyl (C=O) groups is 1. The molecule has 40 heavy (non-hydrogen) atoms. The molecule has 0 unspecified atom stereocenters. The third-order valence-corrected chi connectivity index (χ3v) is 9.33. The van der Waals surface area contributed by atoms with Gasteiger partial charge in [-0.1, -0.05) is 54.1 Å². The summed E-state index contributed by atoms with van der Waals surface area (Å²) in [6.45, 7) is 6.51. The normalized spacial score (nSPS) is 14.6. The molecule has 1 saturated heterocycles. The molecule has 0 N–H and O–H groups in total. The molecule has 3 aromatic rings. The molecule has 6 nitrogen and oxygen atoms in total. The Labute approximate surface area is 234 Å². The second-order valence-electron chi connectivity index (χ2n) is 10.2. The number of benzene rings is 3. The van der Waals surface area contributed by atoms with Crippen LogP contribution in [0.25, 0.3) is 0 Å². The van der Waals surface area contributed by atoms with Crippen molar-refractivity contribution in [1.82, 2.24) is 9.21 Å². The lowest BCUT2D eigenvalue weighted by Gasteiger charge is -2.37. The van der Waals surface area contributed by atoms with Crippen molar-refractivity contribution in [2.45, 2.75) is 38.3 Å². The van der Waals surface area contributed by atoms with E-state index in [0.29, 0.717) is 36.3 Å². The van der Waals surface area contributed by atoms with Gasteiger partial charge >= 0.3 is 6.18 Å². The van der Waals surface area contributed by atoms with Gasteiger partial charge in [0, 0.05) is 38.4 Å². The molecule has 1 amide bonds. The molecule has 0 radical (unpaired) electrons. The van der Waals surface area contributed by atoms with Gasteiger partial charge in [-0.05, 0) is 62.1 Å². The number of rotatable bonds is 8. The maximum Gasteiger partial charge on any atom is 0.416 e. The van der Waals surface area contributed by atoms with E-state index in [0.717, 1.165) is 23.3 Å². The van der Waals surface area contributed by atoms with Gasteiger partial charge in [0.1, 0.15) is 0 Å². The summed E-state index contributed by atoms with van der Waals surface area (Å²) in [5.74, 6) is -0.331. The highest BCUT2D eigenvalue weighted by Crippen LogP contribution is 2.32. The number of hydrogen-bond acceptors (Lipinski definition) is 4. The molecule has 0 spiro atoms. The van der Waals surface area contributed by atoms with E-state index in [1.807, 2.05) is 54.3 Å². The van der Waals surface area contributed by atoms with Crippen molar-refractivity contribution in [3.05, 3.63) is 94.5 Å². The summed E-state index contributed by atoms with van der Waals surface area (Å²) in [5, 5.41) is 0. The zero-order chi connectivity index (χ0) is 29.1. The van der Waals surface area contributed by atoms with Gasteiger partial charge in [0.2, 0.25) is 15.9 Å². The molecular formula is C30H34F3N3O3S. The summed E-state index contributed by atoms with van der Waals surface area (Å²) in [7, 11) is -3.99. The number of piperazine rings is 1. The highest BCUT2D eigenvalue weighted by Gasteiger charge is 2.33. The Bertz CT molecular complexity index is 1430. The van der Waals surface area contributed by atoms with E-state index in [4.69, 9.17) is 0 Å². The van der Waals surface area contributed by atoms with Crippen molar-refractivity contribution in [3.63, 3.8) is 0 Å². The van der Waals surface area contributed by atoms with Crippen LogP contribution in [-0.2, 0) is 27.4 Å². The Morgan fingerprint density at radius 3 is 2.10 bits per heavy atom. The molecular weight excluding hydrogens is 539 g/mol. The van der Waals surface area contributed by atoms with Crippen LogP contribution < -0.4 is 4.90 Å². The number of aryl methyl sites for hydroxylation is 3. The van der Waals surface area contributed by atoms with E-state index in [1.165, 1.54) is 10.4 Å². The lowest BCUT2D eigenvalue weighted by atomic mass is 10.1. The van der Waals surface area contributed by atoms with E-state index in [-0.39, 0.29) is 37.0 Å². The number of carbonyl (C=O) groups excluding carboxylic acids is 1. The fourth-order valence-corrected chi connectivity index (χ4v) is 7.03. The van der Waals surface area contributed by atoms with E-state index >= 15 is 0 Å².